The molecule has 1 aliphatic heterocycles. The van der Waals surface area contributed by atoms with Crippen molar-refractivity contribution in [2.75, 3.05) is 24.9 Å². The quantitative estimate of drug-likeness (QED) is 0.417. The number of amides is 1. The second-order valence-corrected chi connectivity index (χ2v) is 7.10. The van der Waals surface area contributed by atoms with Crippen LogP contribution in [0.2, 0.25) is 10.0 Å². The molecule has 0 spiro atoms. The summed E-state index contributed by atoms with van der Waals surface area (Å²) in [6.07, 6.45) is 0. The summed E-state index contributed by atoms with van der Waals surface area (Å²) in [5.74, 6) is -1.58. The first-order chi connectivity index (χ1) is 13.9. The number of benzene rings is 2. The third-order valence-electron chi connectivity index (χ3n) is 4.12. The number of benzodiazepines with no additional fused rings is 1. The van der Waals surface area contributed by atoms with E-state index in [1.807, 2.05) is 18.2 Å². The normalized spacial score (nSPS) is 14.7. The van der Waals surface area contributed by atoms with Crippen LogP contribution in [0.3, 0.4) is 0 Å². The molecule has 150 valence electrons. The number of halogens is 3. The molecule has 1 amide bonds. The average Bonchev–Trinajstić information content (AvgIpc) is 2.91. The number of methoxy groups -OCH3 is 1. The van der Waals surface area contributed by atoms with Gasteiger partial charge in [0.05, 0.1) is 25.1 Å². The highest BCUT2D eigenvalue weighted by Gasteiger charge is 2.24. The Balaban J connectivity index is 2.19. The number of hydrogen-bond acceptors (Lipinski definition) is 5. The summed E-state index contributed by atoms with van der Waals surface area (Å²) in [6, 6.07) is 12.5. The van der Waals surface area contributed by atoms with Crippen LogP contribution in [-0.4, -0.2) is 37.1 Å². The first-order valence-electron chi connectivity index (χ1n) is 8.48. The lowest BCUT2D eigenvalue weighted by atomic mass is 10.0. The van der Waals surface area contributed by atoms with Crippen molar-refractivity contribution in [1.82, 2.24) is 5.32 Å². The molecule has 0 atom stereocenters. The van der Waals surface area contributed by atoms with Gasteiger partial charge in [-0.1, -0.05) is 41.4 Å². The highest BCUT2D eigenvalue weighted by Crippen LogP contribution is 2.30. The van der Waals surface area contributed by atoms with Crippen molar-refractivity contribution in [3.63, 3.8) is 0 Å². The zero-order valence-electron chi connectivity index (χ0n) is 15.3. The number of rotatable bonds is 4. The average molecular weight is 453 g/mol. The van der Waals surface area contributed by atoms with E-state index in [4.69, 9.17) is 39.5 Å². The van der Waals surface area contributed by atoms with Crippen molar-refractivity contribution in [1.29, 1.82) is 0 Å². The van der Waals surface area contributed by atoms with Crippen LogP contribution < -0.4 is 10.6 Å². The number of anilines is 1. The molecule has 1 aliphatic rings. The first-order valence-corrected chi connectivity index (χ1v) is 9.77. The van der Waals surface area contributed by atoms with E-state index in [-0.39, 0.29) is 18.1 Å². The largest absolute Gasteiger partial charge is 0.464 e. The van der Waals surface area contributed by atoms with E-state index in [2.05, 4.69) is 15.6 Å². The molecular formula is C20H16Cl3N3O3. The fourth-order valence-corrected chi connectivity index (χ4v) is 3.28. The molecule has 9 heteroatoms. The van der Waals surface area contributed by atoms with Crippen LogP contribution in [0, 0.1) is 0 Å². The number of esters is 1. The molecule has 0 saturated heterocycles. The Morgan fingerprint density at radius 1 is 1.17 bits per heavy atom. The lowest BCUT2D eigenvalue weighted by Crippen LogP contribution is -2.32. The van der Waals surface area contributed by atoms with Crippen LogP contribution in [-0.2, 0) is 14.3 Å². The summed E-state index contributed by atoms with van der Waals surface area (Å²) in [5, 5.41) is 6.67. The fourth-order valence-electron chi connectivity index (χ4n) is 2.82. The maximum absolute atomic E-state index is 12.3. The number of fused-ring (bicyclic) bond motifs is 1. The van der Waals surface area contributed by atoms with Crippen LogP contribution in [0.5, 0.6) is 0 Å². The molecule has 0 aliphatic carbocycles. The molecule has 0 aromatic heterocycles. The van der Waals surface area contributed by atoms with Crippen molar-refractivity contribution < 1.29 is 14.3 Å². The molecule has 0 unspecified atom stereocenters. The molecule has 0 fully saturated rings. The van der Waals surface area contributed by atoms with Crippen molar-refractivity contribution in [2.24, 2.45) is 4.99 Å². The Morgan fingerprint density at radius 3 is 2.62 bits per heavy atom. The van der Waals surface area contributed by atoms with Gasteiger partial charge in [-0.2, -0.15) is 0 Å². The Hall–Kier alpha value is -2.54. The highest BCUT2D eigenvalue weighted by molar-refractivity contribution is 6.36. The Kier molecular flexibility index (Phi) is 6.79. The molecule has 1 heterocycles. The van der Waals surface area contributed by atoms with Gasteiger partial charge in [-0.3, -0.25) is 9.79 Å². The van der Waals surface area contributed by atoms with Gasteiger partial charge in [0, 0.05) is 26.9 Å². The lowest BCUT2D eigenvalue weighted by molar-refractivity contribution is -0.137. The number of ether oxygens (including phenoxy) is 1. The zero-order chi connectivity index (χ0) is 21.0. The lowest BCUT2D eigenvalue weighted by Gasteiger charge is -2.15. The summed E-state index contributed by atoms with van der Waals surface area (Å²) in [5.41, 5.74) is 2.94. The third-order valence-corrected chi connectivity index (χ3v) is 4.93. The highest BCUT2D eigenvalue weighted by atomic mass is 35.5. The van der Waals surface area contributed by atoms with Gasteiger partial charge in [-0.25, -0.2) is 4.79 Å². The van der Waals surface area contributed by atoms with E-state index in [1.54, 1.807) is 24.3 Å². The van der Waals surface area contributed by atoms with Gasteiger partial charge in [-0.05, 0) is 24.3 Å². The van der Waals surface area contributed by atoms with Gasteiger partial charge >= 0.3 is 5.97 Å². The van der Waals surface area contributed by atoms with Gasteiger partial charge in [0.15, 0.2) is 0 Å². The second kappa shape index (κ2) is 9.31. The van der Waals surface area contributed by atoms with Crippen molar-refractivity contribution in [2.45, 2.75) is 0 Å². The van der Waals surface area contributed by atoms with Crippen LogP contribution in [0.15, 0.2) is 58.9 Å². The molecule has 0 radical (unpaired) electrons. The molecule has 0 bridgehead atoms. The first kappa shape index (κ1) is 21.2. The maximum atomic E-state index is 12.3. The number of nitrogens with zero attached hydrogens (tertiary/aromatic N) is 1. The number of carbonyl (C=O) groups is 2. The minimum Gasteiger partial charge on any atom is -0.464 e. The number of hydrogen-bond donors (Lipinski definition) is 2. The van der Waals surface area contributed by atoms with Crippen LogP contribution in [0.4, 0.5) is 5.69 Å². The summed E-state index contributed by atoms with van der Waals surface area (Å²) in [7, 11) is 1.22. The maximum Gasteiger partial charge on any atom is 0.356 e. The SMILES string of the molecule is COC(=O)/C(NC(=O)CCl)=C1\CN=C(c2ccccc2Cl)c2cc(Cl)ccc2N1. The molecule has 2 aromatic carbocycles. The summed E-state index contributed by atoms with van der Waals surface area (Å²) in [6.45, 7) is 0.0554. The molecule has 0 saturated carbocycles. The third kappa shape index (κ3) is 4.72. The minimum atomic E-state index is -0.724. The van der Waals surface area contributed by atoms with E-state index >= 15 is 0 Å². The van der Waals surface area contributed by atoms with Crippen molar-refractivity contribution in [3.05, 3.63) is 75.0 Å². The van der Waals surface area contributed by atoms with E-state index in [0.29, 0.717) is 38.3 Å². The summed E-state index contributed by atoms with van der Waals surface area (Å²) >= 11 is 18.2. The topological polar surface area (TPSA) is 79.8 Å². The van der Waals surface area contributed by atoms with Crippen molar-refractivity contribution >= 4 is 58.1 Å². The van der Waals surface area contributed by atoms with Gasteiger partial charge < -0.3 is 15.4 Å². The van der Waals surface area contributed by atoms with Crippen LogP contribution in [0.1, 0.15) is 11.1 Å². The molecule has 2 aromatic rings. The number of alkyl halides is 1. The van der Waals surface area contributed by atoms with Gasteiger partial charge in [0.2, 0.25) is 5.91 Å². The monoisotopic (exact) mass is 451 g/mol. The van der Waals surface area contributed by atoms with Gasteiger partial charge in [0.25, 0.3) is 0 Å². The Labute approximate surface area is 182 Å². The molecule has 6 nitrogen and oxygen atoms in total. The molecule has 2 N–H and O–H groups in total. The summed E-state index contributed by atoms with van der Waals surface area (Å²) in [4.78, 5) is 28.7. The zero-order valence-corrected chi connectivity index (χ0v) is 17.5. The number of nitrogens with one attached hydrogen (secondary N) is 2. The number of carbonyl (C=O) groups excluding carboxylic acids is 2. The Bertz CT molecular complexity index is 1030. The molecular weight excluding hydrogens is 437 g/mol. The smallest absolute Gasteiger partial charge is 0.356 e. The van der Waals surface area contributed by atoms with Crippen LogP contribution >= 0.6 is 34.8 Å². The van der Waals surface area contributed by atoms with E-state index in [0.717, 1.165) is 0 Å². The predicted molar refractivity (Wildman–Crippen MR) is 115 cm³/mol. The van der Waals surface area contributed by atoms with Gasteiger partial charge in [-0.15, -0.1) is 11.6 Å². The predicted octanol–water partition coefficient (Wildman–Crippen LogP) is 4.00. The molecule has 29 heavy (non-hydrogen) atoms. The van der Waals surface area contributed by atoms with E-state index in [9.17, 15) is 9.59 Å². The van der Waals surface area contributed by atoms with E-state index in [1.165, 1.54) is 7.11 Å². The number of aliphatic imine (C=N–C) groups is 1. The van der Waals surface area contributed by atoms with Crippen LogP contribution in [0.25, 0.3) is 0 Å². The molecule has 3 rings (SSSR count). The fraction of sp³-hybridized carbons (Fsp3) is 0.150. The second-order valence-electron chi connectivity index (χ2n) is 5.99. The minimum absolute atomic E-state index is 0.0554. The summed E-state index contributed by atoms with van der Waals surface area (Å²) < 4.78 is 4.80. The van der Waals surface area contributed by atoms with Crippen molar-refractivity contribution in [3.8, 4) is 0 Å². The standard InChI is InChI=1S/C20H16Cl3N3O3/c1-29-20(28)19(26-17(27)9-21)16-10-24-18(12-4-2-3-5-14(12)23)13-8-11(22)6-7-15(13)25-16/h2-8,25H,9-10H2,1H3,(H,26,27)/b19-16-. The van der Waals surface area contributed by atoms with E-state index < -0.39 is 11.9 Å². The Morgan fingerprint density at radius 2 is 1.93 bits per heavy atom. The van der Waals surface area contributed by atoms with Gasteiger partial charge in [0.1, 0.15) is 11.6 Å².